The Morgan fingerprint density at radius 1 is 1.14 bits per heavy atom. The Hall–Kier alpha value is -2.83. The zero-order chi connectivity index (χ0) is 15.9. The van der Waals surface area contributed by atoms with Crippen molar-refractivity contribution in [3.05, 3.63) is 57.1 Å². The lowest BCUT2D eigenvalue weighted by Gasteiger charge is -2.14. The molecule has 0 aliphatic carbocycles. The normalized spacial score (nSPS) is 11.0. The Balaban J connectivity index is 2.35. The van der Waals surface area contributed by atoms with E-state index in [-0.39, 0.29) is 17.3 Å². The van der Waals surface area contributed by atoms with E-state index < -0.39 is 11.2 Å². The van der Waals surface area contributed by atoms with E-state index in [9.17, 15) is 14.0 Å². The number of hydrogen-bond acceptors (Lipinski definition) is 4. The Bertz CT molecular complexity index is 928. The van der Waals surface area contributed by atoms with Gasteiger partial charge in [-0.15, -0.1) is 0 Å². The summed E-state index contributed by atoms with van der Waals surface area (Å²) in [7, 11) is 1.36. The van der Waals surface area contributed by atoms with Crippen LogP contribution in [-0.4, -0.2) is 19.1 Å². The molecule has 3 rings (SSSR count). The van der Waals surface area contributed by atoms with Gasteiger partial charge in [-0.2, -0.15) is 4.98 Å². The first-order valence-electron chi connectivity index (χ1n) is 6.75. The first-order chi connectivity index (χ1) is 10.5. The molecule has 0 bridgehead atoms. The maximum absolute atomic E-state index is 13.0. The van der Waals surface area contributed by atoms with Gasteiger partial charge in [0.05, 0.1) is 5.69 Å². The maximum atomic E-state index is 13.0. The molecule has 0 amide bonds. The second kappa shape index (κ2) is 5.18. The number of aromatic nitrogens is 4. The Morgan fingerprint density at radius 2 is 1.82 bits per heavy atom. The summed E-state index contributed by atoms with van der Waals surface area (Å²) in [6.45, 7) is 2.39. The van der Waals surface area contributed by atoms with Crippen molar-refractivity contribution in [2.45, 2.75) is 13.5 Å². The zero-order valence-corrected chi connectivity index (χ0v) is 12.1. The first-order valence-corrected chi connectivity index (χ1v) is 6.75. The smallest absolute Gasteiger partial charge is 0.329 e. The molecule has 1 aromatic rings. The largest absolute Gasteiger partial charge is 0.352 e. The van der Waals surface area contributed by atoms with Crippen molar-refractivity contribution in [3.8, 4) is 22.8 Å². The van der Waals surface area contributed by atoms with Crippen molar-refractivity contribution in [2.24, 2.45) is 7.05 Å². The SMILES string of the molecule is CCn1cc(-c2ccc(F)cc2)nc2c(=O)n(C)c(=O)nc1-2. The number of nitrogens with zero attached hydrogens (tertiary/aromatic N) is 4. The fourth-order valence-corrected chi connectivity index (χ4v) is 2.22. The van der Waals surface area contributed by atoms with Gasteiger partial charge in [-0.3, -0.25) is 9.36 Å². The van der Waals surface area contributed by atoms with Crippen LogP contribution in [0, 0.1) is 5.82 Å². The second-order valence-corrected chi connectivity index (χ2v) is 4.85. The summed E-state index contributed by atoms with van der Waals surface area (Å²) >= 11 is 0. The molecule has 22 heavy (non-hydrogen) atoms. The number of hydrogen-bond donors (Lipinski definition) is 0. The van der Waals surface area contributed by atoms with Gasteiger partial charge in [0, 0.05) is 25.4 Å². The third-order valence-electron chi connectivity index (χ3n) is 3.47. The number of aryl methyl sites for hydroxylation is 1. The van der Waals surface area contributed by atoms with E-state index >= 15 is 0 Å². The van der Waals surface area contributed by atoms with E-state index in [0.29, 0.717) is 17.8 Å². The van der Waals surface area contributed by atoms with E-state index in [1.165, 1.54) is 19.2 Å². The van der Waals surface area contributed by atoms with Crippen LogP contribution < -0.4 is 11.2 Å². The van der Waals surface area contributed by atoms with Gasteiger partial charge in [-0.1, -0.05) is 0 Å². The monoisotopic (exact) mass is 300 g/mol. The molecule has 0 unspecified atom stereocenters. The molecule has 0 radical (unpaired) electrons. The van der Waals surface area contributed by atoms with Crippen LogP contribution in [0.25, 0.3) is 22.8 Å². The summed E-state index contributed by atoms with van der Waals surface area (Å²) in [6.07, 6.45) is 1.70. The number of fused-ring (bicyclic) bond motifs is 1. The van der Waals surface area contributed by atoms with Gasteiger partial charge in [0.15, 0.2) is 11.5 Å². The molecule has 0 atom stereocenters. The minimum atomic E-state index is -0.615. The van der Waals surface area contributed by atoms with Crippen molar-refractivity contribution in [3.63, 3.8) is 0 Å². The van der Waals surface area contributed by atoms with Crippen molar-refractivity contribution in [1.82, 2.24) is 19.1 Å². The van der Waals surface area contributed by atoms with Crippen molar-refractivity contribution in [2.75, 3.05) is 0 Å². The molecule has 7 heteroatoms. The average molecular weight is 300 g/mol. The third-order valence-corrected chi connectivity index (χ3v) is 3.47. The quantitative estimate of drug-likeness (QED) is 0.714. The van der Waals surface area contributed by atoms with Gasteiger partial charge in [-0.25, -0.2) is 14.2 Å². The lowest BCUT2D eigenvalue weighted by atomic mass is 10.1. The molecule has 0 spiro atoms. The van der Waals surface area contributed by atoms with Crippen LogP contribution in [0.5, 0.6) is 0 Å². The molecule has 0 aromatic heterocycles. The summed E-state index contributed by atoms with van der Waals surface area (Å²) in [5.41, 5.74) is 0.202. The zero-order valence-electron chi connectivity index (χ0n) is 12.1. The van der Waals surface area contributed by atoms with Crippen LogP contribution in [-0.2, 0) is 13.6 Å². The predicted octanol–water partition coefficient (Wildman–Crippen LogP) is 1.27. The van der Waals surface area contributed by atoms with Crippen molar-refractivity contribution < 1.29 is 4.39 Å². The van der Waals surface area contributed by atoms with Gasteiger partial charge in [0.25, 0.3) is 5.56 Å². The summed E-state index contributed by atoms with van der Waals surface area (Å²) in [5.74, 6) is -0.0945. The molecule has 0 N–H and O–H groups in total. The molecular formula is C15H13FN4O2. The standard InChI is InChI=1S/C15H13FN4O2/c1-3-20-8-11(9-4-6-10(16)7-5-9)17-12-13(20)18-15(22)19(2)14(12)21/h4-8H,3H2,1-2H3. The predicted molar refractivity (Wildman–Crippen MR) is 79.2 cm³/mol. The molecule has 0 fully saturated rings. The molecule has 2 aliphatic rings. The first kappa shape index (κ1) is 14.1. The molecule has 0 saturated heterocycles. The number of benzene rings is 1. The van der Waals surface area contributed by atoms with E-state index in [1.54, 1.807) is 22.9 Å². The molecule has 6 nitrogen and oxygen atoms in total. The number of rotatable bonds is 2. The minimum Gasteiger partial charge on any atom is -0.329 e. The molecule has 0 saturated carbocycles. The molecule has 1 aromatic carbocycles. The molecule has 112 valence electrons. The highest BCUT2D eigenvalue weighted by atomic mass is 19.1. The van der Waals surface area contributed by atoms with Gasteiger partial charge in [0.2, 0.25) is 0 Å². The highest BCUT2D eigenvalue weighted by molar-refractivity contribution is 5.63. The Labute approximate surface area is 124 Å². The van der Waals surface area contributed by atoms with Gasteiger partial charge < -0.3 is 4.57 Å². The van der Waals surface area contributed by atoms with Crippen LogP contribution in [0.1, 0.15) is 6.92 Å². The van der Waals surface area contributed by atoms with E-state index in [0.717, 1.165) is 4.57 Å². The summed E-state index contributed by atoms with van der Waals surface area (Å²) < 4.78 is 15.6. The average Bonchev–Trinajstić information content (AvgIpc) is 2.53. The van der Waals surface area contributed by atoms with Crippen LogP contribution in [0.15, 0.2) is 40.1 Å². The summed E-state index contributed by atoms with van der Waals surface area (Å²) in [4.78, 5) is 32.1. The lowest BCUT2D eigenvalue weighted by molar-refractivity contribution is 0.628. The molecule has 2 aliphatic heterocycles. The van der Waals surface area contributed by atoms with Crippen LogP contribution in [0.4, 0.5) is 4.39 Å². The van der Waals surface area contributed by atoms with Crippen LogP contribution >= 0.6 is 0 Å². The highest BCUT2D eigenvalue weighted by Crippen LogP contribution is 2.21. The lowest BCUT2D eigenvalue weighted by Crippen LogP contribution is -2.36. The second-order valence-electron chi connectivity index (χ2n) is 4.85. The van der Waals surface area contributed by atoms with Gasteiger partial charge >= 0.3 is 5.69 Å². The molecular weight excluding hydrogens is 287 g/mol. The van der Waals surface area contributed by atoms with Crippen LogP contribution in [0.2, 0.25) is 0 Å². The topological polar surface area (TPSA) is 69.8 Å². The fourth-order valence-electron chi connectivity index (χ4n) is 2.22. The van der Waals surface area contributed by atoms with Gasteiger partial charge in [0.1, 0.15) is 5.82 Å². The number of halogens is 1. The summed E-state index contributed by atoms with van der Waals surface area (Å²) in [6, 6.07) is 5.83. The van der Waals surface area contributed by atoms with Gasteiger partial charge in [-0.05, 0) is 31.2 Å². The third kappa shape index (κ3) is 2.20. The van der Waals surface area contributed by atoms with Crippen molar-refractivity contribution in [1.29, 1.82) is 0 Å². The molecule has 2 heterocycles. The maximum Gasteiger partial charge on any atom is 0.352 e. The fraction of sp³-hybridized carbons (Fsp3) is 0.200. The van der Waals surface area contributed by atoms with Crippen molar-refractivity contribution >= 4 is 0 Å². The van der Waals surface area contributed by atoms with E-state index in [4.69, 9.17) is 0 Å². The minimum absolute atomic E-state index is 0.116. The Kier molecular flexibility index (Phi) is 3.32. The Morgan fingerprint density at radius 3 is 2.45 bits per heavy atom. The summed E-state index contributed by atoms with van der Waals surface area (Å²) in [5, 5.41) is 0. The van der Waals surface area contributed by atoms with E-state index in [2.05, 4.69) is 9.97 Å². The van der Waals surface area contributed by atoms with E-state index in [1.807, 2.05) is 6.92 Å². The van der Waals surface area contributed by atoms with Crippen LogP contribution in [0.3, 0.4) is 0 Å². The highest BCUT2D eigenvalue weighted by Gasteiger charge is 2.18.